The first-order chi connectivity index (χ1) is 9.15. The molecule has 0 bridgehead atoms. The summed E-state index contributed by atoms with van der Waals surface area (Å²) in [5.41, 5.74) is 0.339. The molecule has 6 nitrogen and oxygen atoms in total. The number of amides is 1. The van der Waals surface area contributed by atoms with Gasteiger partial charge in [0.25, 0.3) is 5.69 Å². The Morgan fingerprint density at radius 3 is 2.45 bits per heavy atom. The summed E-state index contributed by atoms with van der Waals surface area (Å²) in [7, 11) is 0. The highest BCUT2D eigenvalue weighted by Crippen LogP contribution is 2.30. The third-order valence-electron chi connectivity index (χ3n) is 2.55. The molecule has 0 spiro atoms. The number of carbonyl (C=O) groups excluding carboxylic acids is 1. The Labute approximate surface area is 118 Å². The van der Waals surface area contributed by atoms with Crippen LogP contribution in [0.15, 0.2) is 18.2 Å². The third kappa shape index (κ3) is 3.94. The number of carbonyl (C=O) groups is 1. The largest absolute Gasteiger partial charge is 0.443 e. The van der Waals surface area contributed by atoms with Crippen LogP contribution in [0.1, 0.15) is 33.3 Å². The number of aryl methyl sites for hydroxylation is 1. The van der Waals surface area contributed by atoms with Crippen molar-refractivity contribution in [3.63, 3.8) is 0 Å². The van der Waals surface area contributed by atoms with Gasteiger partial charge in [0.2, 0.25) is 0 Å². The molecule has 6 heteroatoms. The molecule has 1 amide bonds. The summed E-state index contributed by atoms with van der Waals surface area (Å²) in [5.74, 6) is 0. The number of anilines is 1. The van der Waals surface area contributed by atoms with Crippen LogP contribution in [0, 0.1) is 17.0 Å². The molecule has 0 heterocycles. The van der Waals surface area contributed by atoms with Gasteiger partial charge in [-0.25, -0.2) is 4.79 Å². The maximum absolute atomic E-state index is 12.2. The number of nitrogens with zero attached hydrogens (tertiary/aromatic N) is 2. The standard InChI is InChI=1S/C14H20N2O4/c1-6-15(13(17)20-14(3,4)5)12-9-10(2)7-8-11(12)16(18)19/h7-9H,6H2,1-5H3. The van der Waals surface area contributed by atoms with Crippen molar-refractivity contribution in [1.29, 1.82) is 0 Å². The van der Waals surface area contributed by atoms with Crippen molar-refractivity contribution >= 4 is 17.5 Å². The zero-order valence-corrected chi connectivity index (χ0v) is 12.5. The van der Waals surface area contributed by atoms with Crippen LogP contribution in [0.3, 0.4) is 0 Å². The van der Waals surface area contributed by atoms with Crippen LogP contribution < -0.4 is 4.90 Å². The van der Waals surface area contributed by atoms with Gasteiger partial charge in [-0.1, -0.05) is 6.07 Å². The molecular weight excluding hydrogens is 260 g/mol. The summed E-state index contributed by atoms with van der Waals surface area (Å²) in [6.07, 6.45) is -0.589. The fourth-order valence-corrected chi connectivity index (χ4v) is 1.72. The van der Waals surface area contributed by atoms with Crippen LogP contribution in [0.4, 0.5) is 16.2 Å². The quantitative estimate of drug-likeness (QED) is 0.625. The number of nitro groups is 1. The van der Waals surface area contributed by atoms with Gasteiger partial charge in [0.15, 0.2) is 0 Å². The highest BCUT2D eigenvalue weighted by Gasteiger charge is 2.27. The van der Waals surface area contributed by atoms with Gasteiger partial charge in [0.1, 0.15) is 11.3 Å². The van der Waals surface area contributed by atoms with Gasteiger partial charge in [-0.2, -0.15) is 0 Å². The summed E-state index contributed by atoms with van der Waals surface area (Å²) in [4.78, 5) is 24.0. The Bertz CT molecular complexity index is 520. The molecule has 0 aliphatic rings. The summed E-state index contributed by atoms with van der Waals surface area (Å²) in [6.45, 7) is 9.11. The first kappa shape index (κ1) is 15.9. The van der Waals surface area contributed by atoms with Gasteiger partial charge in [0, 0.05) is 12.6 Å². The van der Waals surface area contributed by atoms with Crippen molar-refractivity contribution in [2.24, 2.45) is 0 Å². The van der Waals surface area contributed by atoms with E-state index in [4.69, 9.17) is 4.74 Å². The summed E-state index contributed by atoms with van der Waals surface area (Å²) >= 11 is 0. The van der Waals surface area contributed by atoms with E-state index < -0.39 is 16.6 Å². The molecule has 0 fully saturated rings. The van der Waals surface area contributed by atoms with Gasteiger partial charge in [-0.15, -0.1) is 0 Å². The predicted octanol–water partition coefficient (Wildman–Crippen LogP) is 3.66. The van der Waals surface area contributed by atoms with E-state index in [9.17, 15) is 14.9 Å². The fourth-order valence-electron chi connectivity index (χ4n) is 1.72. The minimum absolute atomic E-state index is 0.108. The van der Waals surface area contributed by atoms with Crippen molar-refractivity contribution in [2.75, 3.05) is 11.4 Å². The zero-order chi connectivity index (χ0) is 15.5. The Balaban J connectivity index is 3.21. The molecule has 0 saturated heterocycles. The van der Waals surface area contributed by atoms with E-state index in [0.29, 0.717) is 6.54 Å². The number of ether oxygens (including phenoxy) is 1. The molecule has 0 aliphatic heterocycles. The van der Waals surface area contributed by atoms with E-state index in [1.54, 1.807) is 39.8 Å². The molecule has 110 valence electrons. The lowest BCUT2D eigenvalue weighted by Crippen LogP contribution is -2.37. The molecule has 1 aromatic carbocycles. The predicted molar refractivity (Wildman–Crippen MR) is 77.1 cm³/mol. The van der Waals surface area contributed by atoms with Crippen LogP contribution in [0.25, 0.3) is 0 Å². The molecular formula is C14H20N2O4. The Morgan fingerprint density at radius 1 is 1.40 bits per heavy atom. The first-order valence-corrected chi connectivity index (χ1v) is 6.41. The molecule has 1 rings (SSSR count). The van der Waals surface area contributed by atoms with Crippen LogP contribution in [0.2, 0.25) is 0 Å². The second-order valence-corrected chi connectivity index (χ2v) is 5.47. The van der Waals surface area contributed by atoms with Crippen molar-refractivity contribution in [3.8, 4) is 0 Å². The van der Waals surface area contributed by atoms with Gasteiger partial charge >= 0.3 is 6.09 Å². The van der Waals surface area contributed by atoms with Crippen molar-refractivity contribution in [2.45, 2.75) is 40.2 Å². The Hall–Kier alpha value is -2.11. The van der Waals surface area contributed by atoms with Crippen LogP contribution in [-0.4, -0.2) is 23.2 Å². The fraction of sp³-hybridized carbons (Fsp3) is 0.500. The van der Waals surface area contributed by atoms with E-state index in [1.807, 2.05) is 6.92 Å². The Morgan fingerprint density at radius 2 is 2.00 bits per heavy atom. The van der Waals surface area contributed by atoms with Crippen LogP contribution in [0.5, 0.6) is 0 Å². The molecule has 0 N–H and O–H groups in total. The minimum atomic E-state index is -0.650. The molecule has 0 radical (unpaired) electrons. The maximum Gasteiger partial charge on any atom is 0.415 e. The number of rotatable bonds is 3. The number of benzene rings is 1. The van der Waals surface area contributed by atoms with Crippen molar-refractivity contribution in [1.82, 2.24) is 0 Å². The molecule has 0 unspecified atom stereocenters. The van der Waals surface area contributed by atoms with E-state index in [-0.39, 0.29) is 11.4 Å². The van der Waals surface area contributed by atoms with E-state index in [0.717, 1.165) is 5.56 Å². The SMILES string of the molecule is CCN(C(=O)OC(C)(C)C)c1cc(C)ccc1[N+](=O)[O-]. The summed E-state index contributed by atoms with van der Waals surface area (Å²) < 4.78 is 5.28. The summed E-state index contributed by atoms with van der Waals surface area (Å²) in [6, 6.07) is 4.66. The average molecular weight is 280 g/mol. The molecule has 20 heavy (non-hydrogen) atoms. The smallest absolute Gasteiger partial charge is 0.415 e. The molecule has 0 saturated carbocycles. The lowest BCUT2D eigenvalue weighted by atomic mass is 10.1. The summed E-state index contributed by atoms with van der Waals surface area (Å²) in [5, 5.41) is 11.1. The minimum Gasteiger partial charge on any atom is -0.443 e. The lowest BCUT2D eigenvalue weighted by molar-refractivity contribution is -0.384. The lowest BCUT2D eigenvalue weighted by Gasteiger charge is -2.26. The highest BCUT2D eigenvalue weighted by atomic mass is 16.6. The highest BCUT2D eigenvalue weighted by molar-refractivity contribution is 5.91. The molecule has 1 aromatic rings. The molecule has 0 aromatic heterocycles. The zero-order valence-electron chi connectivity index (χ0n) is 12.5. The Kier molecular flexibility index (Phi) is 4.70. The second-order valence-electron chi connectivity index (χ2n) is 5.47. The van der Waals surface area contributed by atoms with E-state index in [2.05, 4.69) is 0 Å². The number of hydrogen-bond donors (Lipinski definition) is 0. The van der Waals surface area contributed by atoms with E-state index >= 15 is 0 Å². The monoisotopic (exact) mass is 280 g/mol. The maximum atomic E-state index is 12.2. The van der Waals surface area contributed by atoms with Gasteiger partial charge < -0.3 is 4.74 Å². The van der Waals surface area contributed by atoms with Crippen LogP contribution in [-0.2, 0) is 4.74 Å². The van der Waals surface area contributed by atoms with Gasteiger partial charge in [-0.05, 0) is 46.2 Å². The number of nitro benzene ring substituents is 1. The topological polar surface area (TPSA) is 72.7 Å². The molecule has 0 atom stereocenters. The van der Waals surface area contributed by atoms with Crippen molar-refractivity contribution in [3.05, 3.63) is 33.9 Å². The van der Waals surface area contributed by atoms with E-state index in [1.165, 1.54) is 11.0 Å². The second kappa shape index (κ2) is 5.90. The van der Waals surface area contributed by atoms with Crippen LogP contribution >= 0.6 is 0 Å². The first-order valence-electron chi connectivity index (χ1n) is 6.41. The van der Waals surface area contributed by atoms with Crippen molar-refractivity contribution < 1.29 is 14.5 Å². The van der Waals surface area contributed by atoms with Gasteiger partial charge in [0.05, 0.1) is 4.92 Å². The number of hydrogen-bond acceptors (Lipinski definition) is 4. The third-order valence-corrected chi connectivity index (χ3v) is 2.55. The average Bonchev–Trinajstić information content (AvgIpc) is 2.27. The normalized spacial score (nSPS) is 11.1. The van der Waals surface area contributed by atoms with Gasteiger partial charge in [-0.3, -0.25) is 15.0 Å². The molecule has 0 aliphatic carbocycles.